The van der Waals surface area contributed by atoms with Gasteiger partial charge in [-0.2, -0.15) is 0 Å². The second-order valence-corrected chi connectivity index (χ2v) is 5.38. The van der Waals surface area contributed by atoms with Crippen LogP contribution in [0.3, 0.4) is 0 Å². The van der Waals surface area contributed by atoms with Gasteiger partial charge in [-0.05, 0) is 18.1 Å². The maximum atomic E-state index is 11.6. The molecule has 122 valence electrons. The highest BCUT2D eigenvalue weighted by Crippen LogP contribution is 2.19. The summed E-state index contributed by atoms with van der Waals surface area (Å²) >= 11 is 5.87. The summed E-state index contributed by atoms with van der Waals surface area (Å²) in [6, 6.07) is 2.74. The van der Waals surface area contributed by atoms with Gasteiger partial charge in [-0.1, -0.05) is 25.4 Å². The number of amides is 2. The molecule has 0 bridgehead atoms. The van der Waals surface area contributed by atoms with Crippen LogP contribution in [0.15, 0.2) is 18.3 Å². The van der Waals surface area contributed by atoms with E-state index in [1.165, 1.54) is 0 Å². The van der Waals surface area contributed by atoms with Gasteiger partial charge in [-0.3, -0.25) is 9.59 Å². The van der Waals surface area contributed by atoms with E-state index < -0.39 is 6.04 Å². The fourth-order valence-corrected chi connectivity index (χ4v) is 1.64. The van der Waals surface area contributed by atoms with Gasteiger partial charge in [0.1, 0.15) is 11.6 Å². The fraction of sp³-hybridized carbons (Fsp3) is 0.500. The molecule has 0 saturated carbocycles. The molecule has 22 heavy (non-hydrogen) atoms. The molecule has 0 aliphatic carbocycles. The number of aromatic nitrogens is 1. The minimum Gasteiger partial charge on any atom is -0.475 e. The van der Waals surface area contributed by atoms with Crippen molar-refractivity contribution < 1.29 is 14.3 Å². The van der Waals surface area contributed by atoms with Crippen LogP contribution in [0.2, 0.25) is 5.02 Å². The van der Waals surface area contributed by atoms with Crippen LogP contribution in [0.25, 0.3) is 0 Å². The first-order valence-corrected chi connectivity index (χ1v) is 7.33. The number of carbonyl (C=O) groups excluding carboxylic acids is 2. The Morgan fingerprint density at radius 1 is 1.41 bits per heavy atom. The molecule has 2 amide bonds. The maximum absolute atomic E-state index is 11.6. The molecule has 0 saturated heterocycles. The van der Waals surface area contributed by atoms with Gasteiger partial charge in [-0.15, -0.1) is 0 Å². The average Bonchev–Trinajstić information content (AvgIpc) is 2.49. The van der Waals surface area contributed by atoms with Crippen molar-refractivity contribution >= 4 is 23.4 Å². The lowest BCUT2D eigenvalue weighted by Gasteiger charge is -2.15. The quantitative estimate of drug-likeness (QED) is 0.596. The summed E-state index contributed by atoms with van der Waals surface area (Å²) in [5, 5.41) is 5.49. The third kappa shape index (κ3) is 6.28. The predicted molar refractivity (Wildman–Crippen MR) is 83.6 cm³/mol. The molecule has 8 heteroatoms. The van der Waals surface area contributed by atoms with E-state index in [1.807, 2.05) is 13.8 Å². The van der Waals surface area contributed by atoms with Crippen LogP contribution in [0, 0.1) is 5.92 Å². The Morgan fingerprint density at radius 2 is 2.14 bits per heavy atom. The monoisotopic (exact) mass is 328 g/mol. The summed E-state index contributed by atoms with van der Waals surface area (Å²) < 4.78 is 5.32. The molecular formula is C14H21ClN4O3. The molecule has 1 atom stereocenters. The van der Waals surface area contributed by atoms with E-state index in [1.54, 1.807) is 18.3 Å². The van der Waals surface area contributed by atoms with Crippen LogP contribution >= 0.6 is 11.6 Å². The van der Waals surface area contributed by atoms with E-state index in [0.29, 0.717) is 10.9 Å². The highest BCUT2D eigenvalue weighted by atomic mass is 35.5. The molecule has 1 heterocycles. The van der Waals surface area contributed by atoms with Gasteiger partial charge in [0.25, 0.3) is 0 Å². The number of nitrogens with one attached hydrogen (secondary N) is 2. The number of carbonyl (C=O) groups is 2. The number of nitrogens with two attached hydrogens (primary N) is 1. The van der Waals surface area contributed by atoms with Crippen LogP contribution in [-0.2, 0) is 9.59 Å². The number of hydrogen-bond donors (Lipinski definition) is 3. The van der Waals surface area contributed by atoms with Crippen molar-refractivity contribution in [2.75, 3.05) is 19.7 Å². The Kier molecular flexibility index (Phi) is 7.62. The van der Waals surface area contributed by atoms with Crippen molar-refractivity contribution in [1.82, 2.24) is 15.6 Å². The number of nitrogens with zero attached hydrogens (tertiary/aromatic N) is 1. The van der Waals surface area contributed by atoms with Gasteiger partial charge in [-0.25, -0.2) is 4.98 Å². The lowest BCUT2D eigenvalue weighted by molar-refractivity contribution is -0.127. The van der Waals surface area contributed by atoms with Crippen molar-refractivity contribution in [1.29, 1.82) is 0 Å². The van der Waals surface area contributed by atoms with E-state index in [0.717, 1.165) is 0 Å². The van der Waals surface area contributed by atoms with Gasteiger partial charge in [0.2, 0.25) is 17.7 Å². The van der Waals surface area contributed by atoms with Crippen molar-refractivity contribution in [3.05, 3.63) is 23.4 Å². The second kappa shape index (κ2) is 9.22. The van der Waals surface area contributed by atoms with E-state index in [4.69, 9.17) is 22.1 Å². The van der Waals surface area contributed by atoms with Gasteiger partial charge in [0.05, 0.1) is 19.1 Å². The smallest absolute Gasteiger partial charge is 0.239 e. The highest BCUT2D eigenvalue weighted by molar-refractivity contribution is 6.31. The number of pyridine rings is 1. The molecular weight excluding hydrogens is 308 g/mol. The summed E-state index contributed by atoms with van der Waals surface area (Å²) in [6.45, 7) is 4.05. The van der Waals surface area contributed by atoms with Gasteiger partial charge < -0.3 is 21.1 Å². The van der Waals surface area contributed by atoms with E-state index >= 15 is 0 Å². The summed E-state index contributed by atoms with van der Waals surface area (Å²) in [4.78, 5) is 27.1. The summed E-state index contributed by atoms with van der Waals surface area (Å²) in [5.41, 5.74) is 5.66. The first-order chi connectivity index (χ1) is 10.4. The minimum absolute atomic E-state index is 0.0135. The van der Waals surface area contributed by atoms with E-state index in [9.17, 15) is 9.59 Å². The Bertz CT molecular complexity index is 511. The van der Waals surface area contributed by atoms with Crippen LogP contribution in [-0.4, -0.2) is 42.5 Å². The number of hydrogen-bond acceptors (Lipinski definition) is 5. The second-order valence-electron chi connectivity index (χ2n) is 4.98. The molecule has 0 spiro atoms. The Balaban J connectivity index is 2.19. The number of halogens is 1. The highest BCUT2D eigenvalue weighted by Gasteiger charge is 2.17. The van der Waals surface area contributed by atoms with E-state index in [2.05, 4.69) is 15.6 Å². The number of rotatable bonds is 8. The first-order valence-electron chi connectivity index (χ1n) is 6.95. The normalized spacial score (nSPS) is 11.9. The Morgan fingerprint density at radius 3 is 2.77 bits per heavy atom. The molecule has 7 nitrogen and oxygen atoms in total. The third-order valence-electron chi connectivity index (χ3n) is 2.83. The molecule has 0 aliphatic rings. The Labute approximate surface area is 134 Å². The summed E-state index contributed by atoms with van der Waals surface area (Å²) in [6.07, 6.45) is 1.56. The maximum Gasteiger partial charge on any atom is 0.239 e. The van der Waals surface area contributed by atoms with Crippen LogP contribution in [0.5, 0.6) is 5.88 Å². The summed E-state index contributed by atoms with van der Waals surface area (Å²) in [5.74, 6) is -0.337. The van der Waals surface area contributed by atoms with Crippen molar-refractivity contribution in [2.45, 2.75) is 19.9 Å². The molecule has 0 unspecified atom stereocenters. The topological polar surface area (TPSA) is 106 Å². The lowest BCUT2D eigenvalue weighted by Crippen LogP contribution is -2.47. The molecule has 1 aromatic rings. The zero-order valence-electron chi connectivity index (χ0n) is 12.6. The SMILES string of the molecule is CC(C)[C@H](N)C(=O)NCC(=O)NCCOc1ncccc1Cl. The van der Waals surface area contributed by atoms with Gasteiger partial charge in [0.15, 0.2) is 0 Å². The molecule has 0 fully saturated rings. The van der Waals surface area contributed by atoms with Crippen molar-refractivity contribution in [3.63, 3.8) is 0 Å². The van der Waals surface area contributed by atoms with Crippen LogP contribution in [0.1, 0.15) is 13.8 Å². The molecule has 0 aliphatic heterocycles. The predicted octanol–water partition coefficient (Wildman–Crippen LogP) is 0.330. The zero-order chi connectivity index (χ0) is 16.5. The standard InChI is InChI=1S/C14H21ClN4O3/c1-9(2)12(16)13(21)19-8-11(20)17-6-7-22-14-10(15)4-3-5-18-14/h3-5,9,12H,6-8,16H2,1-2H3,(H,17,20)(H,19,21)/t12-/m0/s1. The minimum atomic E-state index is -0.623. The van der Waals surface area contributed by atoms with Crippen LogP contribution in [0.4, 0.5) is 0 Å². The largest absolute Gasteiger partial charge is 0.475 e. The molecule has 0 aromatic carbocycles. The average molecular weight is 329 g/mol. The zero-order valence-corrected chi connectivity index (χ0v) is 13.4. The first kappa shape index (κ1) is 18.2. The molecule has 0 radical (unpaired) electrons. The van der Waals surface area contributed by atoms with Crippen molar-refractivity contribution in [2.24, 2.45) is 11.7 Å². The van der Waals surface area contributed by atoms with Gasteiger partial charge >= 0.3 is 0 Å². The summed E-state index contributed by atoms with van der Waals surface area (Å²) in [7, 11) is 0. The molecule has 1 rings (SSSR count). The van der Waals surface area contributed by atoms with Gasteiger partial charge in [0, 0.05) is 6.20 Å². The van der Waals surface area contributed by atoms with E-state index in [-0.39, 0.29) is 37.4 Å². The van der Waals surface area contributed by atoms with Crippen molar-refractivity contribution in [3.8, 4) is 5.88 Å². The van der Waals surface area contributed by atoms with Crippen LogP contribution < -0.4 is 21.1 Å². The number of ether oxygens (including phenoxy) is 1. The Hall–Kier alpha value is -1.86. The third-order valence-corrected chi connectivity index (χ3v) is 3.12. The molecule has 4 N–H and O–H groups in total. The lowest BCUT2D eigenvalue weighted by atomic mass is 10.1. The fourth-order valence-electron chi connectivity index (χ4n) is 1.47. The molecule has 1 aromatic heterocycles.